The second-order valence-corrected chi connectivity index (χ2v) is 5.30. The van der Waals surface area contributed by atoms with Gasteiger partial charge in [-0.1, -0.05) is 6.92 Å². The van der Waals surface area contributed by atoms with Crippen LogP contribution in [0.25, 0.3) is 0 Å². The number of hydrogen-bond acceptors (Lipinski definition) is 4. The first-order chi connectivity index (χ1) is 7.91. The summed E-state index contributed by atoms with van der Waals surface area (Å²) in [4.78, 5) is 15.5. The van der Waals surface area contributed by atoms with Crippen LogP contribution in [0.1, 0.15) is 20.3 Å². The summed E-state index contributed by atoms with van der Waals surface area (Å²) in [6, 6.07) is 0.372. The van der Waals surface area contributed by atoms with E-state index in [0.29, 0.717) is 6.04 Å². The Kier molecular flexibility index (Phi) is 4.91. The summed E-state index contributed by atoms with van der Waals surface area (Å²) in [7, 11) is 4.10. The fraction of sp³-hybridized carbons (Fsp3) is 0.917. The molecule has 0 radical (unpaired) electrons. The normalized spacial score (nSPS) is 20.4. The second kappa shape index (κ2) is 5.80. The van der Waals surface area contributed by atoms with Gasteiger partial charge in [0.15, 0.2) is 0 Å². The number of carbonyl (C=O) groups is 1. The summed E-state index contributed by atoms with van der Waals surface area (Å²) in [5.74, 6) is -0.706. The van der Waals surface area contributed by atoms with Crippen LogP contribution in [-0.4, -0.2) is 72.7 Å². The molecule has 0 amide bonds. The minimum atomic E-state index is -0.706. The Bertz CT molecular complexity index is 264. The monoisotopic (exact) mass is 243 g/mol. The predicted octanol–water partition coefficient (Wildman–Crippen LogP) is 0.0751. The third kappa shape index (κ3) is 3.40. The first-order valence-electron chi connectivity index (χ1n) is 6.25. The summed E-state index contributed by atoms with van der Waals surface area (Å²) in [6.45, 7) is 7.69. The van der Waals surface area contributed by atoms with E-state index in [0.717, 1.165) is 26.2 Å². The Morgan fingerprint density at radius 3 is 2.35 bits per heavy atom. The van der Waals surface area contributed by atoms with Gasteiger partial charge in [-0.05, 0) is 27.6 Å². The number of nitrogens with zero attached hydrogens (tertiary/aromatic N) is 2. The van der Waals surface area contributed by atoms with Crippen molar-refractivity contribution in [2.24, 2.45) is 0 Å². The average molecular weight is 243 g/mol. The van der Waals surface area contributed by atoms with Crippen molar-refractivity contribution in [2.75, 3.05) is 40.3 Å². The highest BCUT2D eigenvalue weighted by molar-refractivity contribution is 5.68. The van der Waals surface area contributed by atoms with Gasteiger partial charge < -0.3 is 15.3 Å². The van der Waals surface area contributed by atoms with Crippen molar-refractivity contribution >= 4 is 5.97 Å². The van der Waals surface area contributed by atoms with E-state index >= 15 is 0 Å². The molecule has 1 rings (SSSR count). The van der Waals surface area contributed by atoms with Gasteiger partial charge in [0.05, 0.1) is 12.0 Å². The van der Waals surface area contributed by atoms with Gasteiger partial charge in [-0.25, -0.2) is 0 Å². The van der Waals surface area contributed by atoms with E-state index < -0.39 is 5.97 Å². The maximum atomic E-state index is 11.0. The van der Waals surface area contributed by atoms with E-state index in [4.69, 9.17) is 5.11 Å². The highest BCUT2D eigenvalue weighted by Gasteiger charge is 2.45. The van der Waals surface area contributed by atoms with E-state index in [1.54, 1.807) is 0 Å². The Hall–Kier alpha value is -0.650. The smallest absolute Gasteiger partial charge is 0.305 e. The van der Waals surface area contributed by atoms with Gasteiger partial charge in [-0.2, -0.15) is 0 Å². The number of aliphatic carboxylic acids is 1. The number of likely N-dealkylation sites (N-methyl/N-ethyl adjacent to an activating group) is 2. The molecule has 1 aliphatic rings. The molecule has 0 aromatic heterocycles. The lowest BCUT2D eigenvalue weighted by Crippen LogP contribution is -2.71. The van der Waals surface area contributed by atoms with Crippen LogP contribution in [0.4, 0.5) is 0 Å². The van der Waals surface area contributed by atoms with Crippen LogP contribution < -0.4 is 5.32 Å². The van der Waals surface area contributed by atoms with Crippen LogP contribution in [0.15, 0.2) is 0 Å². The van der Waals surface area contributed by atoms with Crippen molar-refractivity contribution < 1.29 is 9.90 Å². The van der Waals surface area contributed by atoms with Gasteiger partial charge in [-0.3, -0.25) is 9.69 Å². The van der Waals surface area contributed by atoms with E-state index in [1.165, 1.54) is 0 Å². The third-order valence-electron chi connectivity index (χ3n) is 3.50. The quantitative estimate of drug-likeness (QED) is 0.663. The maximum Gasteiger partial charge on any atom is 0.305 e. The van der Waals surface area contributed by atoms with Gasteiger partial charge in [0.25, 0.3) is 0 Å². The number of carboxylic acid groups (broad SMARTS) is 1. The molecule has 0 spiro atoms. The lowest BCUT2D eigenvalue weighted by atomic mass is 9.85. The van der Waals surface area contributed by atoms with Crippen LogP contribution in [0.5, 0.6) is 0 Å². The molecular formula is C12H25N3O2. The second-order valence-electron chi connectivity index (χ2n) is 5.30. The Labute approximate surface area is 104 Å². The van der Waals surface area contributed by atoms with Gasteiger partial charge >= 0.3 is 5.97 Å². The zero-order chi connectivity index (χ0) is 13.1. The van der Waals surface area contributed by atoms with Crippen molar-refractivity contribution in [3.05, 3.63) is 0 Å². The summed E-state index contributed by atoms with van der Waals surface area (Å²) >= 11 is 0. The summed E-state index contributed by atoms with van der Waals surface area (Å²) in [5.41, 5.74) is -0.185. The van der Waals surface area contributed by atoms with Crippen molar-refractivity contribution in [1.82, 2.24) is 15.1 Å². The molecule has 1 unspecified atom stereocenters. The number of carboxylic acids is 1. The molecule has 0 aromatic rings. The molecular weight excluding hydrogens is 218 g/mol. The molecule has 0 saturated carbocycles. The number of hydrogen-bond donors (Lipinski definition) is 2. The fourth-order valence-electron chi connectivity index (χ4n) is 2.87. The molecule has 100 valence electrons. The highest BCUT2D eigenvalue weighted by Crippen LogP contribution is 2.27. The minimum absolute atomic E-state index is 0.185. The van der Waals surface area contributed by atoms with Gasteiger partial charge in [0.1, 0.15) is 0 Å². The topological polar surface area (TPSA) is 55.8 Å². The standard InChI is InChI=1S/C12H25N3O2/c1-5-15(10(2)7-14(3)4)12(6-11(16)17)8-13-9-12/h10,13H,5-9H2,1-4H3,(H,16,17). The molecule has 1 fully saturated rings. The largest absolute Gasteiger partial charge is 0.481 e. The Morgan fingerprint density at radius 1 is 1.47 bits per heavy atom. The molecule has 1 saturated heterocycles. The van der Waals surface area contributed by atoms with Crippen LogP contribution in [0.3, 0.4) is 0 Å². The molecule has 0 aliphatic carbocycles. The molecule has 5 heteroatoms. The Morgan fingerprint density at radius 2 is 2.06 bits per heavy atom. The predicted molar refractivity (Wildman–Crippen MR) is 68.2 cm³/mol. The zero-order valence-electron chi connectivity index (χ0n) is 11.4. The Balaban J connectivity index is 2.72. The lowest BCUT2D eigenvalue weighted by molar-refractivity contribution is -0.142. The van der Waals surface area contributed by atoms with Crippen LogP contribution in [0.2, 0.25) is 0 Å². The lowest BCUT2D eigenvalue weighted by Gasteiger charge is -2.52. The summed E-state index contributed by atoms with van der Waals surface area (Å²) in [6.07, 6.45) is 0.228. The van der Waals surface area contributed by atoms with E-state index in [2.05, 4.69) is 29.0 Å². The molecule has 0 aromatic carbocycles. The van der Waals surface area contributed by atoms with Gasteiger partial charge in [0.2, 0.25) is 0 Å². The average Bonchev–Trinajstić information content (AvgIpc) is 2.12. The third-order valence-corrected chi connectivity index (χ3v) is 3.50. The van der Waals surface area contributed by atoms with Crippen molar-refractivity contribution in [3.63, 3.8) is 0 Å². The number of rotatable bonds is 7. The molecule has 1 aliphatic heterocycles. The van der Waals surface area contributed by atoms with Crippen molar-refractivity contribution in [2.45, 2.75) is 31.8 Å². The van der Waals surface area contributed by atoms with Crippen molar-refractivity contribution in [1.29, 1.82) is 0 Å². The van der Waals surface area contributed by atoms with Crippen molar-refractivity contribution in [3.8, 4) is 0 Å². The molecule has 0 bridgehead atoms. The van der Waals surface area contributed by atoms with Crippen LogP contribution >= 0.6 is 0 Å². The van der Waals surface area contributed by atoms with Gasteiger partial charge in [0, 0.05) is 25.7 Å². The van der Waals surface area contributed by atoms with E-state index in [-0.39, 0.29) is 12.0 Å². The summed E-state index contributed by atoms with van der Waals surface area (Å²) < 4.78 is 0. The van der Waals surface area contributed by atoms with Crippen LogP contribution in [0, 0.1) is 0 Å². The van der Waals surface area contributed by atoms with Gasteiger partial charge in [-0.15, -0.1) is 0 Å². The molecule has 5 nitrogen and oxygen atoms in total. The summed E-state index contributed by atoms with van der Waals surface area (Å²) in [5, 5.41) is 12.3. The first-order valence-corrected chi connectivity index (χ1v) is 6.25. The molecule has 2 N–H and O–H groups in total. The molecule has 17 heavy (non-hydrogen) atoms. The molecule has 1 atom stereocenters. The zero-order valence-corrected chi connectivity index (χ0v) is 11.4. The SMILES string of the molecule is CCN(C(C)CN(C)C)C1(CC(=O)O)CNC1. The fourth-order valence-corrected chi connectivity index (χ4v) is 2.87. The minimum Gasteiger partial charge on any atom is -0.481 e. The maximum absolute atomic E-state index is 11.0. The highest BCUT2D eigenvalue weighted by atomic mass is 16.4. The first kappa shape index (κ1) is 14.4. The van der Waals surface area contributed by atoms with Crippen LogP contribution in [-0.2, 0) is 4.79 Å². The van der Waals surface area contributed by atoms with E-state index in [9.17, 15) is 4.79 Å². The number of nitrogens with one attached hydrogen (secondary N) is 1. The van der Waals surface area contributed by atoms with E-state index in [1.807, 2.05) is 14.1 Å². The molecule has 1 heterocycles.